The van der Waals surface area contributed by atoms with Gasteiger partial charge in [0, 0.05) is 5.56 Å². The molecule has 0 atom stereocenters. The molecule has 166 valence electrons. The van der Waals surface area contributed by atoms with Crippen molar-refractivity contribution in [2.75, 3.05) is 0 Å². The fraction of sp³-hybridized carbons (Fsp3) is 0.500. The summed E-state index contributed by atoms with van der Waals surface area (Å²) in [6.45, 7) is 2.22. The molecule has 0 saturated carbocycles. The Morgan fingerprint density at radius 2 is 1.42 bits per heavy atom. The van der Waals surface area contributed by atoms with Crippen molar-refractivity contribution in [2.45, 2.75) is 82.4 Å². The van der Waals surface area contributed by atoms with Gasteiger partial charge in [-0.25, -0.2) is 0 Å². The number of hydrogen-bond donors (Lipinski definition) is 1. The summed E-state index contributed by atoms with van der Waals surface area (Å²) in [5, 5.41) is 12.0. The van der Waals surface area contributed by atoms with E-state index >= 15 is 0 Å². The summed E-state index contributed by atoms with van der Waals surface area (Å²) in [5.74, 6) is 0.186. The van der Waals surface area contributed by atoms with Crippen LogP contribution in [0.25, 0.3) is 0 Å². The molecule has 0 aromatic heterocycles. The SMILES string of the molecule is CCCCCCCCCCCCc1c(Oc2ccccc2)cc([O-])cc1S(=O)(=O)O.[Na+]. The van der Waals surface area contributed by atoms with Crippen LogP contribution in [0, 0.1) is 0 Å². The summed E-state index contributed by atoms with van der Waals surface area (Å²) in [5.41, 5.74) is 0.362. The van der Waals surface area contributed by atoms with E-state index in [-0.39, 0.29) is 40.2 Å². The molecule has 0 spiro atoms. The molecule has 31 heavy (non-hydrogen) atoms. The second-order valence-corrected chi connectivity index (χ2v) is 9.11. The molecule has 0 fully saturated rings. The van der Waals surface area contributed by atoms with Crippen LogP contribution < -0.4 is 39.4 Å². The van der Waals surface area contributed by atoms with Gasteiger partial charge in [-0.15, -0.1) is 5.75 Å². The van der Waals surface area contributed by atoms with Gasteiger partial charge in [-0.1, -0.05) is 82.9 Å². The third kappa shape index (κ3) is 10.4. The molecule has 0 amide bonds. The molecule has 0 saturated heterocycles. The van der Waals surface area contributed by atoms with Crippen LogP contribution in [0.3, 0.4) is 0 Å². The predicted octanol–water partition coefficient (Wildman–Crippen LogP) is 3.27. The summed E-state index contributed by atoms with van der Waals surface area (Å²) < 4.78 is 39.1. The fourth-order valence-electron chi connectivity index (χ4n) is 3.57. The van der Waals surface area contributed by atoms with Crippen molar-refractivity contribution in [2.24, 2.45) is 0 Å². The quantitative estimate of drug-likeness (QED) is 0.268. The molecule has 0 unspecified atom stereocenters. The first-order valence-electron chi connectivity index (χ1n) is 11.0. The zero-order valence-corrected chi connectivity index (χ0v) is 21.6. The first kappa shape index (κ1) is 28.0. The van der Waals surface area contributed by atoms with Gasteiger partial charge in [-0.05, 0) is 37.1 Å². The van der Waals surface area contributed by atoms with Gasteiger partial charge in [0.15, 0.2) is 0 Å². The maximum absolute atomic E-state index is 12.0. The summed E-state index contributed by atoms with van der Waals surface area (Å²) in [6.07, 6.45) is 12.1. The number of benzene rings is 2. The van der Waals surface area contributed by atoms with Crippen molar-refractivity contribution >= 4 is 10.1 Å². The molecule has 2 rings (SSSR count). The Morgan fingerprint density at radius 1 is 0.871 bits per heavy atom. The van der Waals surface area contributed by atoms with Crippen molar-refractivity contribution < 1.29 is 52.4 Å². The van der Waals surface area contributed by atoms with E-state index in [9.17, 15) is 18.1 Å². The molecule has 0 radical (unpaired) electrons. The zero-order valence-electron chi connectivity index (χ0n) is 18.8. The normalized spacial score (nSPS) is 11.2. The van der Waals surface area contributed by atoms with Gasteiger partial charge in [-0.3, -0.25) is 4.55 Å². The van der Waals surface area contributed by atoms with Crippen molar-refractivity contribution in [3.05, 3.63) is 48.0 Å². The van der Waals surface area contributed by atoms with Crippen LogP contribution in [0.4, 0.5) is 0 Å². The average Bonchev–Trinajstić information content (AvgIpc) is 2.70. The first-order valence-corrected chi connectivity index (χ1v) is 12.4. The van der Waals surface area contributed by atoms with Gasteiger partial charge in [0.05, 0.1) is 0 Å². The molecule has 0 aliphatic rings. The summed E-state index contributed by atoms with van der Waals surface area (Å²) in [4.78, 5) is -0.350. The fourth-order valence-corrected chi connectivity index (χ4v) is 4.35. The molecular weight excluding hydrogens is 423 g/mol. The van der Waals surface area contributed by atoms with Gasteiger partial charge in [0.1, 0.15) is 16.4 Å². The second kappa shape index (κ2) is 14.9. The second-order valence-electron chi connectivity index (χ2n) is 7.72. The maximum Gasteiger partial charge on any atom is 1.00 e. The van der Waals surface area contributed by atoms with Crippen LogP contribution in [0.1, 0.15) is 76.7 Å². The Kier molecular flexibility index (Phi) is 13.5. The van der Waals surface area contributed by atoms with E-state index in [1.807, 2.05) is 6.07 Å². The van der Waals surface area contributed by atoms with E-state index in [1.54, 1.807) is 24.3 Å². The molecule has 0 aliphatic heterocycles. The zero-order chi connectivity index (χ0) is 21.8. The van der Waals surface area contributed by atoms with Gasteiger partial charge >= 0.3 is 29.6 Å². The Bertz CT molecular complexity index is 869. The van der Waals surface area contributed by atoms with Crippen molar-refractivity contribution in [1.29, 1.82) is 0 Å². The van der Waals surface area contributed by atoms with Crippen LogP contribution >= 0.6 is 0 Å². The molecule has 0 bridgehead atoms. The third-order valence-corrected chi connectivity index (χ3v) is 6.09. The first-order chi connectivity index (χ1) is 14.4. The number of rotatable bonds is 14. The molecule has 7 heteroatoms. The summed E-state index contributed by atoms with van der Waals surface area (Å²) in [7, 11) is -4.51. The molecule has 5 nitrogen and oxygen atoms in total. The minimum Gasteiger partial charge on any atom is -0.872 e. The topological polar surface area (TPSA) is 86.7 Å². The van der Waals surface area contributed by atoms with Crippen molar-refractivity contribution in [3.63, 3.8) is 0 Å². The molecule has 0 heterocycles. The van der Waals surface area contributed by atoms with Crippen LogP contribution in [-0.4, -0.2) is 13.0 Å². The minimum absolute atomic E-state index is 0. The molecular formula is C24H33NaO5S. The van der Waals surface area contributed by atoms with Gasteiger partial charge in [0.2, 0.25) is 0 Å². The number of unbranched alkanes of at least 4 members (excludes halogenated alkanes) is 9. The van der Waals surface area contributed by atoms with Crippen LogP contribution in [0.2, 0.25) is 0 Å². The van der Waals surface area contributed by atoms with E-state index < -0.39 is 15.9 Å². The van der Waals surface area contributed by atoms with Gasteiger partial charge in [0.25, 0.3) is 10.1 Å². The van der Waals surface area contributed by atoms with Gasteiger partial charge < -0.3 is 9.84 Å². The average molecular weight is 457 g/mol. The van der Waals surface area contributed by atoms with Gasteiger partial charge in [-0.2, -0.15) is 8.42 Å². The summed E-state index contributed by atoms with van der Waals surface area (Å²) in [6, 6.07) is 11.1. The minimum atomic E-state index is -4.51. The van der Waals surface area contributed by atoms with E-state index in [0.29, 0.717) is 17.7 Å². The van der Waals surface area contributed by atoms with Crippen molar-refractivity contribution in [3.8, 4) is 17.2 Å². The Balaban J connectivity index is 0.00000480. The summed E-state index contributed by atoms with van der Waals surface area (Å²) >= 11 is 0. The number of ether oxygens (including phenoxy) is 1. The van der Waals surface area contributed by atoms with Crippen molar-refractivity contribution in [1.82, 2.24) is 0 Å². The van der Waals surface area contributed by atoms with E-state index in [1.165, 1.54) is 51.0 Å². The van der Waals surface area contributed by atoms with E-state index in [0.717, 1.165) is 25.3 Å². The van der Waals surface area contributed by atoms with Crippen LogP contribution in [0.15, 0.2) is 47.4 Å². The van der Waals surface area contributed by atoms with E-state index in [2.05, 4.69) is 6.92 Å². The number of para-hydroxylation sites is 1. The van der Waals surface area contributed by atoms with Crippen LogP contribution in [0.5, 0.6) is 17.2 Å². The molecule has 0 aliphatic carbocycles. The van der Waals surface area contributed by atoms with Crippen LogP contribution in [-0.2, 0) is 16.5 Å². The monoisotopic (exact) mass is 456 g/mol. The van der Waals surface area contributed by atoms with E-state index in [4.69, 9.17) is 4.74 Å². The predicted molar refractivity (Wildman–Crippen MR) is 118 cm³/mol. The molecule has 1 N–H and O–H groups in total. The smallest absolute Gasteiger partial charge is 0.872 e. The standard InChI is InChI=1S/C24H34O5S.Na/c1-2-3-4-5-6-7-8-9-10-14-17-22-23(29-21-15-12-11-13-16-21)18-20(25)19-24(22)30(26,27)28;/h11-13,15-16,18-19,25H,2-10,14,17H2,1H3,(H,26,27,28);/q;+1/p-1. The molecule has 2 aromatic carbocycles. The Morgan fingerprint density at radius 3 is 1.97 bits per heavy atom. The third-order valence-electron chi connectivity index (χ3n) is 5.17. The maximum atomic E-state index is 12.0. The number of hydrogen-bond acceptors (Lipinski definition) is 4. The Labute approximate surface area is 209 Å². The molecule has 2 aromatic rings. The largest absolute Gasteiger partial charge is 1.00 e. The Hall–Kier alpha value is -1.05.